The zero-order chi connectivity index (χ0) is 16.5. The van der Waals surface area contributed by atoms with Gasteiger partial charge in [-0.25, -0.2) is 9.59 Å². The number of carboxylic acid groups (broad SMARTS) is 2. The van der Waals surface area contributed by atoms with Crippen LogP contribution < -0.4 is 0 Å². The molecular formula is C18H16O4. The van der Waals surface area contributed by atoms with Crippen molar-refractivity contribution in [1.29, 1.82) is 0 Å². The van der Waals surface area contributed by atoms with Gasteiger partial charge in [0.05, 0.1) is 11.1 Å². The normalized spacial score (nSPS) is 9.09. The van der Waals surface area contributed by atoms with Gasteiger partial charge in [-0.15, -0.1) is 0 Å². The zero-order valence-electron chi connectivity index (χ0n) is 11.9. The van der Waals surface area contributed by atoms with E-state index in [1.165, 1.54) is 0 Å². The fourth-order valence-electron chi connectivity index (χ4n) is 1.52. The molecule has 0 fully saturated rings. The Morgan fingerprint density at radius 2 is 0.955 bits per heavy atom. The molecule has 0 spiro atoms. The Hall–Kier alpha value is -3.14. The molecule has 2 rings (SSSR count). The Bertz CT molecular complexity index is 606. The SMILES string of the molecule is C=Cc1ccc(C(=O)O)cc1.C=Cc1ccc(C(=O)O)cc1. The molecule has 22 heavy (non-hydrogen) atoms. The molecule has 0 heterocycles. The molecule has 0 atom stereocenters. The summed E-state index contributed by atoms with van der Waals surface area (Å²) in [4.78, 5) is 20.7. The van der Waals surface area contributed by atoms with Gasteiger partial charge in [-0.2, -0.15) is 0 Å². The van der Waals surface area contributed by atoms with E-state index in [0.717, 1.165) is 11.1 Å². The smallest absolute Gasteiger partial charge is 0.335 e. The van der Waals surface area contributed by atoms with Crippen molar-refractivity contribution >= 4 is 24.1 Å². The maximum absolute atomic E-state index is 10.4. The minimum atomic E-state index is -0.902. The van der Waals surface area contributed by atoms with Gasteiger partial charge in [0.2, 0.25) is 0 Å². The summed E-state index contributed by atoms with van der Waals surface area (Å²) in [5, 5.41) is 17.0. The van der Waals surface area contributed by atoms with E-state index in [0.29, 0.717) is 11.1 Å². The molecule has 0 aliphatic carbocycles. The highest BCUT2D eigenvalue weighted by molar-refractivity contribution is 5.88. The van der Waals surface area contributed by atoms with Crippen molar-refractivity contribution in [3.63, 3.8) is 0 Å². The summed E-state index contributed by atoms with van der Waals surface area (Å²) in [7, 11) is 0. The number of hydrogen-bond donors (Lipinski definition) is 2. The first kappa shape index (κ1) is 16.9. The minimum Gasteiger partial charge on any atom is -0.478 e. The number of carboxylic acids is 2. The topological polar surface area (TPSA) is 74.6 Å². The monoisotopic (exact) mass is 296 g/mol. The summed E-state index contributed by atoms with van der Waals surface area (Å²) in [6.07, 6.45) is 3.34. The predicted molar refractivity (Wildman–Crippen MR) is 87.0 cm³/mol. The molecule has 0 aromatic heterocycles. The molecule has 0 bridgehead atoms. The van der Waals surface area contributed by atoms with Crippen LogP contribution in [-0.2, 0) is 0 Å². The second kappa shape index (κ2) is 8.21. The molecule has 2 aromatic carbocycles. The third-order valence-corrected chi connectivity index (χ3v) is 2.79. The van der Waals surface area contributed by atoms with E-state index in [2.05, 4.69) is 13.2 Å². The summed E-state index contributed by atoms with van der Waals surface area (Å²) in [5.41, 5.74) is 2.45. The van der Waals surface area contributed by atoms with Crippen LogP contribution in [0.25, 0.3) is 12.2 Å². The van der Waals surface area contributed by atoms with Crippen LogP contribution >= 0.6 is 0 Å². The lowest BCUT2D eigenvalue weighted by atomic mass is 10.1. The van der Waals surface area contributed by atoms with Crippen LogP contribution in [0.1, 0.15) is 31.8 Å². The first-order chi connectivity index (χ1) is 10.5. The number of aromatic carboxylic acids is 2. The van der Waals surface area contributed by atoms with E-state index in [1.54, 1.807) is 60.7 Å². The van der Waals surface area contributed by atoms with Gasteiger partial charge in [0, 0.05) is 0 Å². The van der Waals surface area contributed by atoms with Crippen molar-refractivity contribution in [3.05, 3.63) is 83.9 Å². The third kappa shape index (κ3) is 5.09. The van der Waals surface area contributed by atoms with Gasteiger partial charge < -0.3 is 10.2 Å². The quantitative estimate of drug-likeness (QED) is 0.892. The van der Waals surface area contributed by atoms with Gasteiger partial charge in [-0.05, 0) is 35.4 Å². The highest BCUT2D eigenvalue weighted by atomic mass is 16.4. The van der Waals surface area contributed by atoms with E-state index in [4.69, 9.17) is 10.2 Å². The molecule has 4 heteroatoms. The van der Waals surface area contributed by atoms with E-state index in [-0.39, 0.29) is 0 Å². The molecule has 0 amide bonds. The number of rotatable bonds is 4. The number of carbonyl (C=O) groups is 2. The molecule has 2 aromatic rings. The molecule has 112 valence electrons. The molecule has 0 aliphatic heterocycles. The van der Waals surface area contributed by atoms with Crippen LogP contribution in [0.5, 0.6) is 0 Å². The minimum absolute atomic E-state index is 0.301. The van der Waals surface area contributed by atoms with Crippen LogP contribution in [0.3, 0.4) is 0 Å². The van der Waals surface area contributed by atoms with Gasteiger partial charge in [-0.1, -0.05) is 49.6 Å². The van der Waals surface area contributed by atoms with E-state index >= 15 is 0 Å². The number of benzene rings is 2. The fraction of sp³-hybridized carbons (Fsp3) is 0. The highest BCUT2D eigenvalue weighted by Gasteiger charge is 1.99. The summed E-state index contributed by atoms with van der Waals surface area (Å²) < 4.78 is 0. The van der Waals surface area contributed by atoms with Gasteiger partial charge in [-0.3, -0.25) is 0 Å². The van der Waals surface area contributed by atoms with Crippen molar-refractivity contribution in [2.75, 3.05) is 0 Å². The average Bonchev–Trinajstić information content (AvgIpc) is 2.55. The lowest BCUT2D eigenvalue weighted by molar-refractivity contribution is 0.0686. The Morgan fingerprint density at radius 1 is 0.682 bits per heavy atom. The van der Waals surface area contributed by atoms with Gasteiger partial charge in [0.15, 0.2) is 0 Å². The van der Waals surface area contributed by atoms with E-state index < -0.39 is 11.9 Å². The summed E-state index contributed by atoms with van der Waals surface area (Å²) in [6, 6.07) is 13.1. The van der Waals surface area contributed by atoms with Crippen molar-refractivity contribution in [2.24, 2.45) is 0 Å². The first-order valence-electron chi connectivity index (χ1n) is 6.39. The largest absolute Gasteiger partial charge is 0.478 e. The average molecular weight is 296 g/mol. The van der Waals surface area contributed by atoms with Crippen LogP contribution in [0.2, 0.25) is 0 Å². The van der Waals surface area contributed by atoms with E-state index in [9.17, 15) is 9.59 Å². The molecular weight excluding hydrogens is 280 g/mol. The maximum atomic E-state index is 10.4. The Labute approximate surface area is 128 Å². The van der Waals surface area contributed by atoms with Crippen molar-refractivity contribution in [1.82, 2.24) is 0 Å². The Morgan fingerprint density at radius 3 is 1.14 bits per heavy atom. The summed E-state index contributed by atoms with van der Waals surface area (Å²) in [6.45, 7) is 7.12. The summed E-state index contributed by atoms with van der Waals surface area (Å²) >= 11 is 0. The molecule has 2 N–H and O–H groups in total. The molecule has 0 unspecified atom stereocenters. The summed E-state index contributed by atoms with van der Waals surface area (Å²) in [5.74, 6) is -1.80. The predicted octanol–water partition coefficient (Wildman–Crippen LogP) is 4.06. The van der Waals surface area contributed by atoms with Crippen LogP contribution in [-0.4, -0.2) is 22.2 Å². The standard InChI is InChI=1S/2C9H8O2/c2*1-2-7-3-5-8(6-4-7)9(10)11/h2*2-6H,1H2,(H,10,11). The Kier molecular flexibility index (Phi) is 6.32. The second-order valence-electron chi connectivity index (χ2n) is 4.26. The van der Waals surface area contributed by atoms with Gasteiger partial charge in [0.25, 0.3) is 0 Å². The first-order valence-corrected chi connectivity index (χ1v) is 6.39. The van der Waals surface area contributed by atoms with Crippen molar-refractivity contribution < 1.29 is 19.8 Å². The molecule has 0 radical (unpaired) electrons. The lowest BCUT2D eigenvalue weighted by Crippen LogP contribution is -1.94. The van der Waals surface area contributed by atoms with Crippen LogP contribution in [0, 0.1) is 0 Å². The molecule has 4 nitrogen and oxygen atoms in total. The maximum Gasteiger partial charge on any atom is 0.335 e. The molecule has 0 saturated heterocycles. The number of hydrogen-bond acceptors (Lipinski definition) is 2. The third-order valence-electron chi connectivity index (χ3n) is 2.79. The fourth-order valence-corrected chi connectivity index (χ4v) is 1.52. The second-order valence-corrected chi connectivity index (χ2v) is 4.26. The van der Waals surface area contributed by atoms with Crippen molar-refractivity contribution in [2.45, 2.75) is 0 Å². The van der Waals surface area contributed by atoms with Gasteiger partial charge >= 0.3 is 11.9 Å². The molecule has 0 aliphatic rings. The van der Waals surface area contributed by atoms with Crippen LogP contribution in [0.15, 0.2) is 61.7 Å². The van der Waals surface area contributed by atoms with E-state index in [1.807, 2.05) is 0 Å². The highest BCUT2D eigenvalue weighted by Crippen LogP contribution is 2.05. The molecule has 0 saturated carbocycles. The van der Waals surface area contributed by atoms with Crippen molar-refractivity contribution in [3.8, 4) is 0 Å². The zero-order valence-corrected chi connectivity index (χ0v) is 11.9. The lowest BCUT2D eigenvalue weighted by Gasteiger charge is -1.93. The van der Waals surface area contributed by atoms with Crippen LogP contribution in [0.4, 0.5) is 0 Å². The van der Waals surface area contributed by atoms with Gasteiger partial charge in [0.1, 0.15) is 0 Å². The Balaban J connectivity index is 0.000000220.